The lowest BCUT2D eigenvalue weighted by atomic mass is 10.1. The van der Waals surface area contributed by atoms with Crippen molar-refractivity contribution in [3.8, 4) is 0 Å². The molecule has 78 valence electrons. The molecule has 0 amide bonds. The van der Waals surface area contributed by atoms with Crippen LogP contribution in [0.2, 0.25) is 0 Å². The van der Waals surface area contributed by atoms with Crippen LogP contribution in [0.3, 0.4) is 0 Å². The SMILES string of the molecule is CC(C)C(C)N(C)CCNC1CC1. The molecule has 1 unspecified atom stereocenters. The molecule has 1 atom stereocenters. The van der Waals surface area contributed by atoms with Crippen molar-refractivity contribution in [2.75, 3.05) is 20.1 Å². The molecule has 1 fully saturated rings. The maximum absolute atomic E-state index is 3.54. The summed E-state index contributed by atoms with van der Waals surface area (Å²) in [4.78, 5) is 2.44. The Hall–Kier alpha value is -0.0800. The number of nitrogens with zero attached hydrogens (tertiary/aromatic N) is 1. The van der Waals surface area contributed by atoms with Gasteiger partial charge in [0.25, 0.3) is 0 Å². The maximum atomic E-state index is 3.54. The Bertz CT molecular complexity index is 141. The van der Waals surface area contributed by atoms with E-state index in [9.17, 15) is 0 Å². The highest BCUT2D eigenvalue weighted by Gasteiger charge is 2.20. The minimum Gasteiger partial charge on any atom is -0.313 e. The number of likely N-dealkylation sites (N-methyl/N-ethyl adjacent to an activating group) is 1. The first kappa shape index (κ1) is 11.0. The second-order valence-electron chi connectivity index (χ2n) is 4.69. The zero-order chi connectivity index (χ0) is 9.84. The summed E-state index contributed by atoms with van der Waals surface area (Å²) in [5.41, 5.74) is 0. The zero-order valence-electron chi connectivity index (χ0n) is 9.51. The van der Waals surface area contributed by atoms with E-state index >= 15 is 0 Å². The van der Waals surface area contributed by atoms with Gasteiger partial charge < -0.3 is 10.2 Å². The lowest BCUT2D eigenvalue weighted by Crippen LogP contribution is -2.38. The van der Waals surface area contributed by atoms with Crippen LogP contribution in [0, 0.1) is 5.92 Å². The van der Waals surface area contributed by atoms with Crippen molar-refractivity contribution < 1.29 is 0 Å². The third-order valence-corrected chi connectivity index (χ3v) is 3.13. The fourth-order valence-electron chi connectivity index (χ4n) is 1.45. The van der Waals surface area contributed by atoms with E-state index in [1.54, 1.807) is 0 Å². The normalized spacial score (nSPS) is 19.8. The first-order chi connectivity index (χ1) is 6.11. The van der Waals surface area contributed by atoms with Gasteiger partial charge in [0.05, 0.1) is 0 Å². The van der Waals surface area contributed by atoms with Crippen LogP contribution in [0.15, 0.2) is 0 Å². The first-order valence-electron chi connectivity index (χ1n) is 5.55. The fraction of sp³-hybridized carbons (Fsp3) is 1.00. The van der Waals surface area contributed by atoms with Gasteiger partial charge in [-0.1, -0.05) is 13.8 Å². The van der Waals surface area contributed by atoms with Crippen molar-refractivity contribution in [2.45, 2.75) is 45.7 Å². The average molecular weight is 184 g/mol. The topological polar surface area (TPSA) is 15.3 Å². The summed E-state index contributed by atoms with van der Waals surface area (Å²) in [7, 11) is 2.22. The van der Waals surface area contributed by atoms with Crippen molar-refractivity contribution in [1.29, 1.82) is 0 Å². The molecular weight excluding hydrogens is 160 g/mol. The summed E-state index contributed by atoms with van der Waals surface area (Å²) in [6.07, 6.45) is 2.78. The second-order valence-corrected chi connectivity index (χ2v) is 4.69. The molecule has 0 bridgehead atoms. The Morgan fingerprint density at radius 1 is 1.31 bits per heavy atom. The number of hydrogen-bond acceptors (Lipinski definition) is 2. The molecule has 1 rings (SSSR count). The van der Waals surface area contributed by atoms with Crippen LogP contribution < -0.4 is 5.32 Å². The number of nitrogens with one attached hydrogen (secondary N) is 1. The van der Waals surface area contributed by atoms with Gasteiger partial charge in [-0.2, -0.15) is 0 Å². The van der Waals surface area contributed by atoms with Crippen molar-refractivity contribution in [1.82, 2.24) is 10.2 Å². The summed E-state index contributed by atoms with van der Waals surface area (Å²) in [6, 6.07) is 1.55. The standard InChI is InChI=1S/C11H24N2/c1-9(2)10(3)13(4)8-7-12-11-5-6-11/h9-12H,5-8H2,1-4H3. The van der Waals surface area contributed by atoms with Gasteiger partial charge in [0.1, 0.15) is 0 Å². The van der Waals surface area contributed by atoms with E-state index in [2.05, 4.69) is 38.0 Å². The van der Waals surface area contributed by atoms with Crippen molar-refractivity contribution in [2.24, 2.45) is 5.92 Å². The number of rotatable bonds is 6. The average Bonchev–Trinajstić information content (AvgIpc) is 2.86. The van der Waals surface area contributed by atoms with Crippen LogP contribution in [0.1, 0.15) is 33.6 Å². The minimum atomic E-state index is 0.695. The predicted molar refractivity (Wildman–Crippen MR) is 58.0 cm³/mol. The van der Waals surface area contributed by atoms with Gasteiger partial charge in [0.15, 0.2) is 0 Å². The lowest BCUT2D eigenvalue weighted by molar-refractivity contribution is 0.208. The maximum Gasteiger partial charge on any atom is 0.0107 e. The molecular formula is C11H24N2. The van der Waals surface area contributed by atoms with E-state index < -0.39 is 0 Å². The quantitative estimate of drug-likeness (QED) is 0.676. The molecule has 2 heteroatoms. The van der Waals surface area contributed by atoms with Crippen LogP contribution in [0.25, 0.3) is 0 Å². The Morgan fingerprint density at radius 3 is 2.38 bits per heavy atom. The largest absolute Gasteiger partial charge is 0.313 e. The molecule has 0 aromatic heterocycles. The van der Waals surface area contributed by atoms with E-state index in [4.69, 9.17) is 0 Å². The third-order valence-electron chi connectivity index (χ3n) is 3.13. The predicted octanol–water partition coefficient (Wildman–Crippen LogP) is 1.71. The smallest absolute Gasteiger partial charge is 0.0107 e. The summed E-state index contributed by atoms with van der Waals surface area (Å²) >= 11 is 0. The van der Waals surface area contributed by atoms with E-state index in [0.29, 0.717) is 6.04 Å². The second kappa shape index (κ2) is 4.97. The van der Waals surface area contributed by atoms with Gasteiger partial charge in [0, 0.05) is 25.2 Å². The highest BCUT2D eigenvalue weighted by Crippen LogP contribution is 2.18. The van der Waals surface area contributed by atoms with Gasteiger partial charge in [0.2, 0.25) is 0 Å². The number of hydrogen-bond donors (Lipinski definition) is 1. The highest BCUT2D eigenvalue weighted by atomic mass is 15.1. The molecule has 0 heterocycles. The first-order valence-corrected chi connectivity index (χ1v) is 5.55. The van der Waals surface area contributed by atoms with Gasteiger partial charge in [-0.15, -0.1) is 0 Å². The van der Waals surface area contributed by atoms with Crippen molar-refractivity contribution in [3.05, 3.63) is 0 Å². The molecule has 1 aliphatic carbocycles. The van der Waals surface area contributed by atoms with E-state index in [1.807, 2.05) is 0 Å². The Kier molecular flexibility index (Phi) is 4.20. The third kappa shape index (κ3) is 4.10. The summed E-state index contributed by atoms with van der Waals surface area (Å²) in [5.74, 6) is 0.755. The fourth-order valence-corrected chi connectivity index (χ4v) is 1.45. The van der Waals surface area contributed by atoms with Crippen molar-refractivity contribution in [3.63, 3.8) is 0 Å². The minimum absolute atomic E-state index is 0.695. The molecule has 0 aliphatic heterocycles. The molecule has 2 nitrogen and oxygen atoms in total. The molecule has 13 heavy (non-hydrogen) atoms. The van der Waals surface area contributed by atoms with Crippen molar-refractivity contribution >= 4 is 0 Å². The molecule has 0 saturated heterocycles. The molecule has 0 aromatic carbocycles. The van der Waals surface area contributed by atoms with E-state index in [-0.39, 0.29) is 0 Å². The van der Waals surface area contributed by atoms with Gasteiger partial charge in [-0.3, -0.25) is 0 Å². The van der Waals surface area contributed by atoms with Gasteiger partial charge >= 0.3 is 0 Å². The Morgan fingerprint density at radius 2 is 1.92 bits per heavy atom. The van der Waals surface area contributed by atoms with E-state index in [1.165, 1.54) is 19.4 Å². The van der Waals surface area contributed by atoms with Crippen LogP contribution in [-0.2, 0) is 0 Å². The monoisotopic (exact) mass is 184 g/mol. The Labute approximate surface area is 82.7 Å². The van der Waals surface area contributed by atoms with Crippen LogP contribution in [0.4, 0.5) is 0 Å². The molecule has 1 saturated carbocycles. The Balaban J connectivity index is 2.04. The summed E-state index contributed by atoms with van der Waals surface area (Å²) in [5, 5.41) is 3.54. The molecule has 0 radical (unpaired) electrons. The molecule has 0 aromatic rings. The van der Waals surface area contributed by atoms with E-state index in [0.717, 1.165) is 18.5 Å². The van der Waals surface area contributed by atoms with Gasteiger partial charge in [-0.25, -0.2) is 0 Å². The summed E-state index contributed by atoms with van der Waals surface area (Å²) in [6.45, 7) is 9.21. The van der Waals surface area contributed by atoms with Gasteiger partial charge in [-0.05, 0) is 32.7 Å². The highest BCUT2D eigenvalue weighted by molar-refractivity contribution is 4.81. The van der Waals surface area contributed by atoms with Crippen LogP contribution in [0.5, 0.6) is 0 Å². The lowest BCUT2D eigenvalue weighted by Gasteiger charge is -2.27. The van der Waals surface area contributed by atoms with Crippen LogP contribution in [-0.4, -0.2) is 37.1 Å². The van der Waals surface area contributed by atoms with Crippen LogP contribution >= 0.6 is 0 Å². The summed E-state index contributed by atoms with van der Waals surface area (Å²) < 4.78 is 0. The molecule has 1 N–H and O–H groups in total. The molecule has 1 aliphatic rings. The molecule has 0 spiro atoms. The zero-order valence-corrected chi connectivity index (χ0v) is 9.51.